The van der Waals surface area contributed by atoms with E-state index in [1.807, 2.05) is 55.4 Å². The molecule has 3 fully saturated rings. The average Bonchev–Trinajstić information content (AvgIpc) is 3.64. The molecule has 0 aromatic rings. The van der Waals surface area contributed by atoms with Crippen molar-refractivity contribution in [1.82, 2.24) is 20.9 Å². The highest BCUT2D eigenvalue weighted by Gasteiger charge is 2.50. The largest absolute Gasteiger partial charge is 0.374 e. The van der Waals surface area contributed by atoms with Crippen LogP contribution in [0.5, 0.6) is 0 Å². The van der Waals surface area contributed by atoms with Crippen LogP contribution in [0.15, 0.2) is 0 Å². The zero-order valence-electron chi connectivity index (χ0n) is 29.8. The Morgan fingerprint density at radius 3 is 2.02 bits per heavy atom. The van der Waals surface area contributed by atoms with Crippen molar-refractivity contribution >= 4 is 29.5 Å². The highest BCUT2D eigenvalue weighted by Crippen LogP contribution is 2.41. The number of carbonyl (C=O) groups excluding carboxylic acids is 5. The molecular weight excluding hydrogens is 586 g/mol. The van der Waals surface area contributed by atoms with Gasteiger partial charge in [-0.1, -0.05) is 73.6 Å². The molecule has 11 heteroatoms. The molecule has 5 N–H and O–H groups in total. The number of nitrogens with two attached hydrogens (primary N) is 1. The highest BCUT2D eigenvalue weighted by molar-refractivity contribution is 6.37. The Morgan fingerprint density at radius 2 is 1.52 bits per heavy atom. The van der Waals surface area contributed by atoms with Crippen molar-refractivity contribution in [2.75, 3.05) is 13.2 Å². The highest BCUT2D eigenvalue weighted by atomic mass is 16.5. The maximum absolute atomic E-state index is 14.7. The summed E-state index contributed by atoms with van der Waals surface area (Å²) in [7, 11) is 0. The molecule has 1 heterocycles. The van der Waals surface area contributed by atoms with Gasteiger partial charge in [0.2, 0.25) is 17.6 Å². The molecule has 262 valence electrons. The first kappa shape index (κ1) is 37.8. The predicted octanol–water partition coefficient (Wildman–Crippen LogP) is 4.07. The smallest absolute Gasteiger partial charge is 0.315 e. The predicted molar refractivity (Wildman–Crippen MR) is 178 cm³/mol. The maximum Gasteiger partial charge on any atom is 0.315 e. The van der Waals surface area contributed by atoms with Crippen molar-refractivity contribution in [1.29, 1.82) is 0 Å². The van der Waals surface area contributed by atoms with Crippen molar-refractivity contribution in [2.45, 2.75) is 150 Å². The SMILES string of the molecule is CC(C)[C@H]1CCN(C(=O)[C@@H](NC(=O)N[C@H](COC(C)(C)C)C(C)(C)C)C2(C)CCCCC2)[C@@H]1C(=O)NC(CC1CC1)C(=O)C(N)=O. The van der Waals surface area contributed by atoms with Gasteiger partial charge >= 0.3 is 6.03 Å². The van der Waals surface area contributed by atoms with E-state index in [9.17, 15) is 24.0 Å². The van der Waals surface area contributed by atoms with Crippen molar-refractivity contribution < 1.29 is 28.7 Å². The second kappa shape index (κ2) is 15.0. The fourth-order valence-corrected chi connectivity index (χ4v) is 6.97. The van der Waals surface area contributed by atoms with Gasteiger partial charge in [-0.2, -0.15) is 0 Å². The third-order valence-electron chi connectivity index (χ3n) is 10.2. The number of nitrogens with one attached hydrogen (secondary N) is 3. The number of rotatable bonds is 13. The molecule has 1 unspecified atom stereocenters. The average molecular weight is 648 g/mol. The van der Waals surface area contributed by atoms with Crippen LogP contribution in [0.2, 0.25) is 0 Å². The van der Waals surface area contributed by atoms with Crippen LogP contribution in [0.1, 0.15) is 120 Å². The molecular formula is C35H61N5O6. The summed E-state index contributed by atoms with van der Waals surface area (Å²) in [6.45, 7) is 18.8. The number of urea groups is 1. The molecule has 0 spiro atoms. The van der Waals surface area contributed by atoms with Gasteiger partial charge in [-0.3, -0.25) is 19.2 Å². The first-order valence-corrected chi connectivity index (χ1v) is 17.4. The van der Waals surface area contributed by atoms with Crippen LogP contribution in [0.4, 0.5) is 4.79 Å². The molecule has 1 saturated heterocycles. The molecule has 5 atom stereocenters. The van der Waals surface area contributed by atoms with Crippen molar-refractivity contribution in [3.05, 3.63) is 0 Å². The number of primary amides is 1. The molecule has 3 aliphatic rings. The van der Waals surface area contributed by atoms with Gasteiger partial charge in [-0.15, -0.1) is 0 Å². The summed E-state index contributed by atoms with van der Waals surface area (Å²) in [4.78, 5) is 68.5. The molecule has 0 radical (unpaired) electrons. The van der Waals surface area contributed by atoms with Gasteiger partial charge in [0.1, 0.15) is 12.1 Å². The van der Waals surface area contributed by atoms with Gasteiger partial charge in [0, 0.05) is 6.54 Å². The number of nitrogens with zero attached hydrogens (tertiary/aromatic N) is 1. The quantitative estimate of drug-likeness (QED) is 0.221. The Morgan fingerprint density at radius 1 is 0.913 bits per heavy atom. The minimum Gasteiger partial charge on any atom is -0.374 e. The summed E-state index contributed by atoms with van der Waals surface area (Å²) < 4.78 is 6.04. The van der Waals surface area contributed by atoms with Gasteiger partial charge in [0.25, 0.3) is 5.91 Å². The van der Waals surface area contributed by atoms with E-state index in [0.29, 0.717) is 26.0 Å². The zero-order valence-corrected chi connectivity index (χ0v) is 29.8. The fourth-order valence-electron chi connectivity index (χ4n) is 6.97. The van der Waals surface area contributed by atoms with E-state index in [0.717, 1.165) is 44.9 Å². The molecule has 11 nitrogen and oxygen atoms in total. The standard InChI is InChI=1S/C35H61N5O6/c1-21(2)23-15-18-40(26(23)30(43)37-24(19-22-13-14-22)27(41)29(36)42)31(44)28(35(9)16-11-10-12-17-35)39-32(45)38-25(33(3,4)5)20-46-34(6,7)8/h21-26,28H,10-20H2,1-9H3,(H2,36,42)(H,37,43)(H2,38,39,45)/t23-,24?,25-,26+,28-/m1/s1. The second-order valence-electron chi connectivity index (χ2n) is 16.7. The molecule has 0 aromatic heterocycles. The van der Waals surface area contributed by atoms with Crippen molar-refractivity contribution in [2.24, 2.45) is 34.3 Å². The van der Waals surface area contributed by atoms with E-state index in [4.69, 9.17) is 10.5 Å². The Kier molecular flexibility index (Phi) is 12.3. The molecule has 0 aromatic carbocycles. The third kappa shape index (κ3) is 10.2. The molecule has 0 bridgehead atoms. The minimum atomic E-state index is -1.08. The Balaban J connectivity index is 1.89. The van der Waals surface area contributed by atoms with Gasteiger partial charge in [-0.05, 0) is 75.0 Å². The Hall–Kier alpha value is -2.69. The van der Waals surface area contributed by atoms with E-state index in [1.165, 1.54) is 0 Å². The van der Waals surface area contributed by atoms with Crippen LogP contribution in [0.25, 0.3) is 0 Å². The monoisotopic (exact) mass is 647 g/mol. The molecule has 3 rings (SSSR count). The molecule has 1 aliphatic heterocycles. The number of hydrogen-bond donors (Lipinski definition) is 4. The van der Waals surface area contributed by atoms with Crippen molar-refractivity contribution in [3.8, 4) is 0 Å². The van der Waals surface area contributed by atoms with Crippen LogP contribution < -0.4 is 21.7 Å². The minimum absolute atomic E-state index is 0.0811. The number of amides is 5. The lowest BCUT2D eigenvalue weighted by Crippen LogP contribution is -2.63. The maximum atomic E-state index is 14.7. The Labute approximate surface area is 276 Å². The molecule has 2 aliphatic carbocycles. The number of Topliss-reactive ketones (excluding diaryl/α,β-unsaturated/α-hetero) is 1. The Bertz CT molecular complexity index is 1120. The summed E-state index contributed by atoms with van der Waals surface area (Å²) in [5.74, 6) is -2.44. The molecule has 2 saturated carbocycles. The normalized spacial score (nSPS) is 23.7. The summed E-state index contributed by atoms with van der Waals surface area (Å²) in [6, 6.07) is -3.46. The topological polar surface area (TPSA) is 160 Å². The van der Waals surface area contributed by atoms with E-state index < -0.39 is 47.2 Å². The van der Waals surface area contributed by atoms with Gasteiger partial charge in [0.15, 0.2) is 0 Å². The molecule has 46 heavy (non-hydrogen) atoms. The summed E-state index contributed by atoms with van der Waals surface area (Å²) in [6.07, 6.45) is 7.36. The van der Waals surface area contributed by atoms with E-state index >= 15 is 0 Å². The van der Waals surface area contributed by atoms with Crippen LogP contribution >= 0.6 is 0 Å². The second-order valence-corrected chi connectivity index (χ2v) is 16.7. The van der Waals surface area contributed by atoms with Gasteiger partial charge in [-0.25, -0.2) is 4.79 Å². The zero-order chi connectivity index (χ0) is 34.6. The summed E-state index contributed by atoms with van der Waals surface area (Å²) in [5.41, 5.74) is 4.15. The lowest BCUT2D eigenvalue weighted by Gasteiger charge is -2.43. The van der Waals surface area contributed by atoms with E-state index in [1.54, 1.807) is 4.90 Å². The lowest BCUT2D eigenvalue weighted by atomic mass is 9.70. The summed E-state index contributed by atoms with van der Waals surface area (Å²) in [5, 5.41) is 8.98. The van der Waals surface area contributed by atoms with Gasteiger partial charge < -0.3 is 31.3 Å². The molecule has 5 amide bonds. The van der Waals surface area contributed by atoms with Gasteiger partial charge in [0.05, 0.1) is 24.3 Å². The van der Waals surface area contributed by atoms with Crippen molar-refractivity contribution in [3.63, 3.8) is 0 Å². The van der Waals surface area contributed by atoms with Crippen LogP contribution in [-0.2, 0) is 23.9 Å². The number of carbonyl (C=O) groups is 5. The van der Waals surface area contributed by atoms with E-state index in [-0.39, 0.29) is 40.7 Å². The number of ether oxygens (including phenoxy) is 1. The number of likely N-dealkylation sites (tertiary alicyclic amines) is 1. The third-order valence-corrected chi connectivity index (χ3v) is 10.2. The van der Waals surface area contributed by atoms with Crippen LogP contribution in [0, 0.1) is 28.6 Å². The number of ketones is 1. The number of hydrogen-bond acceptors (Lipinski definition) is 6. The van der Waals surface area contributed by atoms with Crippen LogP contribution in [-0.4, -0.2) is 77.4 Å². The first-order valence-electron chi connectivity index (χ1n) is 17.4. The lowest BCUT2D eigenvalue weighted by molar-refractivity contribution is -0.145. The summed E-state index contributed by atoms with van der Waals surface area (Å²) >= 11 is 0. The first-order chi connectivity index (χ1) is 21.2. The van der Waals surface area contributed by atoms with E-state index in [2.05, 4.69) is 22.9 Å². The van der Waals surface area contributed by atoms with Crippen LogP contribution in [0.3, 0.4) is 0 Å². The fraction of sp³-hybridized carbons (Fsp3) is 0.857.